The quantitative estimate of drug-likeness (QED) is 0.533. The van der Waals surface area contributed by atoms with Crippen LogP contribution in [0, 0.1) is 5.92 Å². The zero-order valence-corrected chi connectivity index (χ0v) is 11.8. The number of aliphatic imine (C=N–C) groups is 1. The Morgan fingerprint density at radius 1 is 1.26 bits per heavy atom. The Morgan fingerprint density at radius 2 is 1.95 bits per heavy atom. The molecule has 0 amide bonds. The van der Waals surface area contributed by atoms with E-state index >= 15 is 0 Å². The molecule has 3 heteroatoms. The summed E-state index contributed by atoms with van der Waals surface area (Å²) >= 11 is 0. The SMILES string of the molecule is CCCCCC(C(=O)[O-])C(C)=NCc1ccccc1. The first-order valence-corrected chi connectivity index (χ1v) is 6.91. The summed E-state index contributed by atoms with van der Waals surface area (Å²) in [5.74, 6) is -1.55. The number of carboxylic acid groups (broad SMARTS) is 1. The summed E-state index contributed by atoms with van der Waals surface area (Å²) in [4.78, 5) is 15.5. The maximum Gasteiger partial charge on any atom is 0.0639 e. The van der Waals surface area contributed by atoms with Gasteiger partial charge in [0.15, 0.2) is 0 Å². The Balaban J connectivity index is 2.60. The van der Waals surface area contributed by atoms with Gasteiger partial charge in [0.2, 0.25) is 0 Å². The van der Waals surface area contributed by atoms with Crippen molar-refractivity contribution in [2.45, 2.75) is 46.1 Å². The predicted molar refractivity (Wildman–Crippen MR) is 75.9 cm³/mol. The van der Waals surface area contributed by atoms with E-state index in [1.165, 1.54) is 0 Å². The Hall–Kier alpha value is -1.64. The molecule has 1 unspecified atom stereocenters. The number of rotatable bonds is 8. The van der Waals surface area contributed by atoms with Gasteiger partial charge in [0.1, 0.15) is 0 Å². The molecule has 0 aromatic heterocycles. The van der Waals surface area contributed by atoms with Crippen LogP contribution in [0.1, 0.15) is 45.1 Å². The van der Waals surface area contributed by atoms with Gasteiger partial charge < -0.3 is 9.90 Å². The van der Waals surface area contributed by atoms with Gasteiger partial charge >= 0.3 is 0 Å². The molecule has 0 saturated carbocycles. The third-order valence-electron chi connectivity index (χ3n) is 3.24. The molecular weight excluding hydrogens is 238 g/mol. The number of hydrogen-bond donors (Lipinski definition) is 0. The molecule has 0 aliphatic rings. The second kappa shape index (κ2) is 8.46. The maximum atomic E-state index is 11.2. The fraction of sp³-hybridized carbons (Fsp3) is 0.500. The minimum Gasteiger partial charge on any atom is -0.549 e. The van der Waals surface area contributed by atoms with Crippen LogP contribution in [-0.2, 0) is 11.3 Å². The van der Waals surface area contributed by atoms with Crippen molar-refractivity contribution in [1.29, 1.82) is 0 Å². The van der Waals surface area contributed by atoms with E-state index in [0.717, 1.165) is 24.8 Å². The smallest absolute Gasteiger partial charge is 0.0639 e. The van der Waals surface area contributed by atoms with Crippen LogP contribution in [0.15, 0.2) is 35.3 Å². The molecule has 1 aromatic carbocycles. The van der Waals surface area contributed by atoms with Crippen LogP contribution in [0.25, 0.3) is 0 Å². The summed E-state index contributed by atoms with van der Waals surface area (Å²) < 4.78 is 0. The van der Waals surface area contributed by atoms with Crippen molar-refractivity contribution in [2.24, 2.45) is 10.9 Å². The van der Waals surface area contributed by atoms with Crippen molar-refractivity contribution in [2.75, 3.05) is 0 Å². The summed E-state index contributed by atoms with van der Waals surface area (Å²) in [6, 6.07) is 9.84. The highest BCUT2D eigenvalue weighted by Crippen LogP contribution is 2.12. The van der Waals surface area contributed by atoms with Gasteiger partial charge in [-0.15, -0.1) is 0 Å². The van der Waals surface area contributed by atoms with E-state index in [0.29, 0.717) is 18.7 Å². The summed E-state index contributed by atoms with van der Waals surface area (Å²) in [6.07, 6.45) is 3.67. The van der Waals surface area contributed by atoms with E-state index in [2.05, 4.69) is 11.9 Å². The predicted octanol–water partition coefficient (Wildman–Crippen LogP) is 2.59. The number of carbonyl (C=O) groups excluding carboxylic acids is 1. The molecule has 1 rings (SSSR count). The van der Waals surface area contributed by atoms with Crippen molar-refractivity contribution in [3.8, 4) is 0 Å². The van der Waals surface area contributed by atoms with E-state index < -0.39 is 11.9 Å². The Morgan fingerprint density at radius 3 is 2.53 bits per heavy atom. The molecule has 104 valence electrons. The molecule has 0 saturated heterocycles. The van der Waals surface area contributed by atoms with Gasteiger partial charge in [0.05, 0.1) is 12.5 Å². The molecule has 0 radical (unpaired) electrons. The van der Waals surface area contributed by atoms with Crippen LogP contribution in [-0.4, -0.2) is 11.7 Å². The number of unbranched alkanes of at least 4 members (excludes halogenated alkanes) is 2. The average Bonchev–Trinajstić information content (AvgIpc) is 2.42. The molecule has 0 aliphatic carbocycles. The number of nitrogens with zero attached hydrogens (tertiary/aromatic N) is 1. The minimum absolute atomic E-state index is 0.532. The highest BCUT2D eigenvalue weighted by atomic mass is 16.4. The monoisotopic (exact) mass is 260 g/mol. The lowest BCUT2D eigenvalue weighted by Gasteiger charge is -2.17. The highest BCUT2D eigenvalue weighted by molar-refractivity contribution is 5.99. The zero-order chi connectivity index (χ0) is 14.1. The first-order valence-electron chi connectivity index (χ1n) is 6.91. The molecule has 1 atom stereocenters. The van der Waals surface area contributed by atoms with Gasteiger partial charge in [-0.1, -0.05) is 56.5 Å². The second-order valence-corrected chi connectivity index (χ2v) is 4.81. The van der Waals surface area contributed by atoms with Crippen molar-refractivity contribution < 1.29 is 9.90 Å². The highest BCUT2D eigenvalue weighted by Gasteiger charge is 2.12. The Kier molecular flexibility index (Phi) is 6.86. The standard InChI is InChI=1S/C16H23NO2/c1-3-4-6-11-15(16(18)19)13(2)17-12-14-9-7-5-8-10-14/h5,7-10,15H,3-4,6,11-12H2,1-2H3,(H,18,19)/p-1. The molecule has 0 bridgehead atoms. The van der Waals surface area contributed by atoms with E-state index in [4.69, 9.17) is 0 Å². The lowest BCUT2D eigenvalue weighted by molar-refractivity contribution is -0.309. The van der Waals surface area contributed by atoms with Crippen molar-refractivity contribution in [3.63, 3.8) is 0 Å². The van der Waals surface area contributed by atoms with Crippen LogP contribution in [0.4, 0.5) is 0 Å². The molecule has 0 aliphatic heterocycles. The maximum absolute atomic E-state index is 11.2. The van der Waals surface area contributed by atoms with E-state index in [9.17, 15) is 9.90 Å². The van der Waals surface area contributed by atoms with Gasteiger partial charge in [0, 0.05) is 11.6 Å². The molecule has 0 N–H and O–H groups in total. The summed E-state index contributed by atoms with van der Waals surface area (Å²) in [6.45, 7) is 4.42. The first-order chi connectivity index (χ1) is 9.15. The third-order valence-corrected chi connectivity index (χ3v) is 3.24. The van der Waals surface area contributed by atoms with Crippen molar-refractivity contribution in [3.05, 3.63) is 35.9 Å². The topological polar surface area (TPSA) is 52.5 Å². The van der Waals surface area contributed by atoms with E-state index in [-0.39, 0.29) is 0 Å². The molecule has 0 fully saturated rings. The van der Waals surface area contributed by atoms with Crippen LogP contribution < -0.4 is 5.11 Å². The lowest BCUT2D eigenvalue weighted by Crippen LogP contribution is -2.35. The van der Waals surface area contributed by atoms with Crippen LogP contribution >= 0.6 is 0 Å². The lowest BCUT2D eigenvalue weighted by atomic mass is 9.97. The normalized spacial score (nSPS) is 13.3. The Labute approximate surface area is 115 Å². The molecule has 3 nitrogen and oxygen atoms in total. The molecular formula is C16H22NO2-. The average molecular weight is 260 g/mol. The van der Waals surface area contributed by atoms with Crippen LogP contribution in [0.2, 0.25) is 0 Å². The fourth-order valence-corrected chi connectivity index (χ4v) is 2.01. The third kappa shape index (κ3) is 5.69. The van der Waals surface area contributed by atoms with E-state index in [1.807, 2.05) is 30.3 Å². The fourth-order valence-electron chi connectivity index (χ4n) is 2.01. The molecule has 0 spiro atoms. The Bertz CT molecular complexity index is 412. The molecule has 1 aromatic rings. The number of benzene rings is 1. The zero-order valence-electron chi connectivity index (χ0n) is 11.8. The van der Waals surface area contributed by atoms with Crippen molar-refractivity contribution in [1.82, 2.24) is 0 Å². The van der Waals surface area contributed by atoms with Gasteiger partial charge in [-0.2, -0.15) is 0 Å². The molecule has 0 heterocycles. The second-order valence-electron chi connectivity index (χ2n) is 4.81. The van der Waals surface area contributed by atoms with Gasteiger partial charge in [-0.3, -0.25) is 4.99 Å². The van der Waals surface area contributed by atoms with Gasteiger partial charge in [-0.25, -0.2) is 0 Å². The molecule has 19 heavy (non-hydrogen) atoms. The van der Waals surface area contributed by atoms with E-state index in [1.54, 1.807) is 6.92 Å². The van der Waals surface area contributed by atoms with Gasteiger partial charge in [0.25, 0.3) is 0 Å². The number of carbonyl (C=O) groups is 1. The van der Waals surface area contributed by atoms with Crippen LogP contribution in [0.5, 0.6) is 0 Å². The largest absolute Gasteiger partial charge is 0.549 e. The summed E-state index contributed by atoms with van der Waals surface area (Å²) in [7, 11) is 0. The van der Waals surface area contributed by atoms with Crippen LogP contribution in [0.3, 0.4) is 0 Å². The van der Waals surface area contributed by atoms with Crippen molar-refractivity contribution >= 4 is 11.7 Å². The number of aliphatic carboxylic acids is 1. The number of hydrogen-bond acceptors (Lipinski definition) is 3. The summed E-state index contributed by atoms with van der Waals surface area (Å²) in [5.41, 5.74) is 1.76. The number of carboxylic acids is 1. The van der Waals surface area contributed by atoms with Gasteiger partial charge in [-0.05, 0) is 18.9 Å². The minimum atomic E-state index is -1.01. The summed E-state index contributed by atoms with van der Waals surface area (Å²) in [5, 5.41) is 11.2. The first kappa shape index (κ1) is 15.4.